The summed E-state index contributed by atoms with van der Waals surface area (Å²) in [4.78, 5) is 26.9. The molecule has 0 spiro atoms. The molecule has 1 amide bonds. The third-order valence-electron chi connectivity index (χ3n) is 6.34. The van der Waals surface area contributed by atoms with E-state index in [-0.39, 0.29) is 24.5 Å². The zero-order valence-corrected chi connectivity index (χ0v) is 20.2. The molecule has 2 aromatic carbocycles. The van der Waals surface area contributed by atoms with Gasteiger partial charge in [0, 0.05) is 18.6 Å². The number of aliphatic carboxylic acids is 1. The fourth-order valence-corrected chi connectivity index (χ4v) is 5.18. The van der Waals surface area contributed by atoms with Gasteiger partial charge in [-0.25, -0.2) is 4.79 Å². The second-order valence-electron chi connectivity index (χ2n) is 8.63. The molecule has 1 saturated heterocycles. The van der Waals surface area contributed by atoms with Crippen molar-refractivity contribution in [2.24, 2.45) is 5.73 Å². The number of carbonyl (C=O) groups excluding carboxylic acids is 1. The van der Waals surface area contributed by atoms with Gasteiger partial charge in [-0.05, 0) is 67.1 Å². The second-order valence-corrected chi connectivity index (χ2v) is 9.62. The number of benzene rings is 2. The minimum Gasteiger partial charge on any atom is -0.480 e. The summed E-state index contributed by atoms with van der Waals surface area (Å²) < 4.78 is 0. The normalized spacial score (nSPS) is 17.8. The van der Waals surface area contributed by atoms with Crippen molar-refractivity contribution in [2.45, 2.75) is 50.4 Å². The minimum absolute atomic E-state index is 0.0942. The number of fused-ring (bicyclic) bond motifs is 1. The topological polar surface area (TPSA) is 108 Å². The molecule has 5 N–H and O–H groups in total. The van der Waals surface area contributed by atoms with E-state index in [0.717, 1.165) is 36.8 Å². The average molecular weight is 473 g/mol. The van der Waals surface area contributed by atoms with Gasteiger partial charge in [0.2, 0.25) is 5.91 Å². The molecular weight excluding hydrogens is 436 g/mol. The predicted octanol–water partition coefficient (Wildman–Crippen LogP) is 2.43. The van der Waals surface area contributed by atoms with Gasteiger partial charge in [0.25, 0.3) is 0 Å². The molecule has 7 nitrogen and oxygen atoms in total. The summed E-state index contributed by atoms with van der Waals surface area (Å²) in [6, 6.07) is 14.0. The van der Waals surface area contributed by atoms with E-state index in [1.54, 1.807) is 11.8 Å². The number of hydrogen-bond acceptors (Lipinski definition) is 6. The number of nitrogens with two attached hydrogens (primary N) is 1. The summed E-state index contributed by atoms with van der Waals surface area (Å²) >= 11 is 1.57. The quantitative estimate of drug-likeness (QED) is 0.355. The van der Waals surface area contributed by atoms with Crippen LogP contribution in [-0.2, 0) is 16.1 Å². The third kappa shape index (κ3) is 7.17. The van der Waals surface area contributed by atoms with E-state index in [9.17, 15) is 14.7 Å². The Balaban J connectivity index is 1.84. The Kier molecular flexibility index (Phi) is 9.99. The van der Waals surface area contributed by atoms with Crippen LogP contribution in [-0.4, -0.2) is 71.7 Å². The summed E-state index contributed by atoms with van der Waals surface area (Å²) in [6.07, 6.45) is 5.25. The number of carboxylic acids is 1. The number of hydrogen-bond donors (Lipinski definition) is 4. The molecule has 0 aromatic heterocycles. The molecule has 180 valence electrons. The van der Waals surface area contributed by atoms with E-state index in [4.69, 9.17) is 5.73 Å². The zero-order valence-electron chi connectivity index (χ0n) is 19.3. The van der Waals surface area contributed by atoms with Crippen LogP contribution in [0, 0.1) is 0 Å². The maximum Gasteiger partial charge on any atom is 0.326 e. The first-order valence-electron chi connectivity index (χ1n) is 11.7. The SMILES string of the molecule is CSCC[C@H](NC(=O)CN(Cc1cccc2ccccc12)C(CCN)[C@@H]1CCCN1)C(=O)O. The molecule has 1 aliphatic heterocycles. The smallest absolute Gasteiger partial charge is 0.326 e. The molecule has 3 atom stereocenters. The number of nitrogens with one attached hydrogen (secondary N) is 2. The van der Waals surface area contributed by atoms with E-state index >= 15 is 0 Å². The highest BCUT2D eigenvalue weighted by atomic mass is 32.2. The Morgan fingerprint density at radius 3 is 2.73 bits per heavy atom. The van der Waals surface area contributed by atoms with Gasteiger partial charge in [-0.1, -0.05) is 42.5 Å². The number of carboxylic acid groups (broad SMARTS) is 1. The van der Waals surface area contributed by atoms with Gasteiger partial charge in [0.1, 0.15) is 6.04 Å². The lowest BCUT2D eigenvalue weighted by molar-refractivity contribution is -0.142. The van der Waals surface area contributed by atoms with Gasteiger partial charge in [-0.2, -0.15) is 11.8 Å². The molecule has 1 unspecified atom stereocenters. The van der Waals surface area contributed by atoms with Crippen LogP contribution in [0.15, 0.2) is 42.5 Å². The van der Waals surface area contributed by atoms with Crippen LogP contribution in [0.25, 0.3) is 10.8 Å². The summed E-state index contributed by atoms with van der Waals surface area (Å²) in [7, 11) is 0. The van der Waals surface area contributed by atoms with Crippen molar-refractivity contribution < 1.29 is 14.7 Å². The van der Waals surface area contributed by atoms with Crippen molar-refractivity contribution in [1.82, 2.24) is 15.5 Å². The first-order chi connectivity index (χ1) is 16.0. The minimum atomic E-state index is -0.992. The monoisotopic (exact) mass is 472 g/mol. The molecule has 0 radical (unpaired) electrons. The van der Waals surface area contributed by atoms with Crippen molar-refractivity contribution >= 4 is 34.4 Å². The fourth-order valence-electron chi connectivity index (χ4n) is 4.71. The van der Waals surface area contributed by atoms with Gasteiger partial charge in [-0.15, -0.1) is 0 Å². The molecule has 8 heteroatoms. The molecule has 3 rings (SSSR count). The van der Waals surface area contributed by atoms with Crippen LogP contribution < -0.4 is 16.4 Å². The number of nitrogens with zero attached hydrogens (tertiary/aromatic N) is 1. The van der Waals surface area contributed by atoms with E-state index in [1.165, 1.54) is 5.39 Å². The first-order valence-corrected chi connectivity index (χ1v) is 13.1. The highest BCUT2D eigenvalue weighted by Crippen LogP contribution is 2.24. The highest BCUT2D eigenvalue weighted by Gasteiger charge is 2.31. The lowest BCUT2D eigenvalue weighted by Gasteiger charge is -2.36. The fraction of sp³-hybridized carbons (Fsp3) is 0.520. The van der Waals surface area contributed by atoms with Crippen LogP contribution >= 0.6 is 11.8 Å². The van der Waals surface area contributed by atoms with Gasteiger partial charge < -0.3 is 21.5 Å². The Hall–Kier alpha value is -2.13. The summed E-state index contributed by atoms with van der Waals surface area (Å²) in [5.41, 5.74) is 7.14. The van der Waals surface area contributed by atoms with Gasteiger partial charge in [-0.3, -0.25) is 9.69 Å². The highest BCUT2D eigenvalue weighted by molar-refractivity contribution is 7.98. The molecule has 1 aliphatic rings. The van der Waals surface area contributed by atoms with Crippen LogP contribution in [0.3, 0.4) is 0 Å². The number of carbonyl (C=O) groups is 2. The maximum atomic E-state index is 13.0. The molecule has 33 heavy (non-hydrogen) atoms. The van der Waals surface area contributed by atoms with Crippen molar-refractivity contribution in [1.29, 1.82) is 0 Å². The molecule has 0 bridgehead atoms. The molecule has 1 fully saturated rings. The molecule has 2 aromatic rings. The van der Waals surface area contributed by atoms with Gasteiger partial charge in [0.05, 0.1) is 6.54 Å². The Labute approximate surface area is 200 Å². The summed E-state index contributed by atoms with van der Waals surface area (Å²) in [5, 5.41) is 18.2. The van der Waals surface area contributed by atoms with E-state index in [2.05, 4.69) is 39.8 Å². The average Bonchev–Trinajstić information content (AvgIpc) is 3.34. The molecular formula is C25H36N4O3S. The Bertz CT molecular complexity index is 914. The van der Waals surface area contributed by atoms with Crippen LogP contribution in [0.5, 0.6) is 0 Å². The third-order valence-corrected chi connectivity index (χ3v) is 6.98. The lowest BCUT2D eigenvalue weighted by Crippen LogP contribution is -2.53. The summed E-state index contributed by atoms with van der Waals surface area (Å²) in [5.74, 6) is -0.573. The van der Waals surface area contributed by atoms with Crippen molar-refractivity contribution in [3.8, 4) is 0 Å². The van der Waals surface area contributed by atoms with E-state index in [0.29, 0.717) is 25.3 Å². The largest absolute Gasteiger partial charge is 0.480 e. The molecule has 1 heterocycles. The van der Waals surface area contributed by atoms with E-state index < -0.39 is 12.0 Å². The molecule has 0 saturated carbocycles. The van der Waals surface area contributed by atoms with E-state index in [1.807, 2.05) is 24.5 Å². The van der Waals surface area contributed by atoms with Crippen LogP contribution in [0.2, 0.25) is 0 Å². The second kappa shape index (κ2) is 12.9. The Morgan fingerprint density at radius 2 is 2.03 bits per heavy atom. The first kappa shape index (κ1) is 25.5. The summed E-state index contributed by atoms with van der Waals surface area (Å²) in [6.45, 7) is 2.23. The number of rotatable bonds is 13. The van der Waals surface area contributed by atoms with Gasteiger partial charge in [0.15, 0.2) is 0 Å². The van der Waals surface area contributed by atoms with Crippen molar-refractivity contribution in [3.05, 3.63) is 48.0 Å². The van der Waals surface area contributed by atoms with Crippen molar-refractivity contribution in [2.75, 3.05) is 31.6 Å². The number of thioether (sulfide) groups is 1. The molecule has 0 aliphatic carbocycles. The number of amides is 1. The van der Waals surface area contributed by atoms with Crippen LogP contribution in [0.4, 0.5) is 0 Å². The van der Waals surface area contributed by atoms with Crippen LogP contribution in [0.1, 0.15) is 31.2 Å². The standard InChI is InChI=1S/C25H36N4O3S/c1-33-15-12-22(25(31)32)28-24(30)17-29(23(11-13-26)21-10-5-14-27-21)16-19-8-4-7-18-6-2-3-9-20(18)19/h2-4,6-9,21-23,27H,5,10-17,26H2,1H3,(H,28,30)(H,31,32)/t21-,22-,23?/m0/s1. The van der Waals surface area contributed by atoms with Gasteiger partial charge >= 0.3 is 5.97 Å². The predicted molar refractivity (Wildman–Crippen MR) is 135 cm³/mol. The lowest BCUT2D eigenvalue weighted by atomic mass is 9.98. The van der Waals surface area contributed by atoms with Crippen molar-refractivity contribution in [3.63, 3.8) is 0 Å². The zero-order chi connectivity index (χ0) is 23.6. The maximum absolute atomic E-state index is 13.0. The Morgan fingerprint density at radius 1 is 1.24 bits per heavy atom.